The monoisotopic (exact) mass is 388 g/mol. The summed E-state index contributed by atoms with van der Waals surface area (Å²) in [6.45, 7) is 2.26. The Morgan fingerprint density at radius 1 is 1.15 bits per heavy atom. The number of amides is 3. The van der Waals surface area contributed by atoms with Gasteiger partial charge in [-0.15, -0.1) is 0 Å². The van der Waals surface area contributed by atoms with Crippen molar-refractivity contribution in [1.29, 1.82) is 0 Å². The van der Waals surface area contributed by atoms with E-state index < -0.39 is 6.04 Å². The molecule has 3 amide bonds. The van der Waals surface area contributed by atoms with Crippen LogP contribution in [0.25, 0.3) is 0 Å². The van der Waals surface area contributed by atoms with E-state index in [1.54, 1.807) is 41.3 Å². The standard InChI is InChI=1S/C19H18ClN3O4/c20-13-3-1-4-14(11-13)23-17(24)12-15(18(23)25)21-6-8-22(9-7-21)19(26)16-5-2-10-27-16/h1-5,10-11,15H,6-9,12H2/p+1/t15-/m0/s1. The third-order valence-corrected chi connectivity index (χ3v) is 5.37. The van der Waals surface area contributed by atoms with Gasteiger partial charge in [-0.2, -0.15) is 0 Å². The van der Waals surface area contributed by atoms with Crippen molar-refractivity contribution in [1.82, 2.24) is 4.90 Å². The Kier molecular flexibility index (Phi) is 4.72. The molecule has 2 aliphatic rings. The van der Waals surface area contributed by atoms with Crippen LogP contribution in [0.1, 0.15) is 17.0 Å². The molecule has 140 valence electrons. The number of carbonyl (C=O) groups excluding carboxylic acids is 3. The van der Waals surface area contributed by atoms with Crippen LogP contribution >= 0.6 is 11.6 Å². The second kappa shape index (κ2) is 7.17. The van der Waals surface area contributed by atoms with Crippen LogP contribution in [0.15, 0.2) is 47.1 Å². The van der Waals surface area contributed by atoms with Crippen molar-refractivity contribution < 1.29 is 23.7 Å². The highest BCUT2D eigenvalue weighted by Crippen LogP contribution is 2.24. The second-order valence-electron chi connectivity index (χ2n) is 6.73. The molecular formula is C19H19ClN3O4+. The molecule has 0 bridgehead atoms. The predicted molar refractivity (Wildman–Crippen MR) is 97.7 cm³/mol. The van der Waals surface area contributed by atoms with Gasteiger partial charge in [-0.25, -0.2) is 4.90 Å². The quantitative estimate of drug-likeness (QED) is 0.782. The van der Waals surface area contributed by atoms with Crippen LogP contribution in [-0.2, 0) is 9.59 Å². The lowest BCUT2D eigenvalue weighted by Gasteiger charge is -2.34. The number of anilines is 1. The fourth-order valence-electron chi connectivity index (χ4n) is 3.74. The third-order valence-electron chi connectivity index (χ3n) is 5.13. The molecule has 0 saturated carbocycles. The van der Waals surface area contributed by atoms with Gasteiger partial charge in [0.15, 0.2) is 11.8 Å². The molecule has 27 heavy (non-hydrogen) atoms. The van der Waals surface area contributed by atoms with Gasteiger partial charge in [0.25, 0.3) is 11.8 Å². The van der Waals surface area contributed by atoms with Gasteiger partial charge in [-0.05, 0) is 30.3 Å². The highest BCUT2D eigenvalue weighted by molar-refractivity contribution is 6.31. The average molecular weight is 389 g/mol. The van der Waals surface area contributed by atoms with Crippen molar-refractivity contribution in [2.75, 3.05) is 31.1 Å². The van der Waals surface area contributed by atoms with E-state index in [9.17, 15) is 14.4 Å². The maximum Gasteiger partial charge on any atom is 0.292 e. The summed E-state index contributed by atoms with van der Waals surface area (Å²) < 4.78 is 5.16. The zero-order valence-electron chi connectivity index (χ0n) is 14.6. The van der Waals surface area contributed by atoms with Crippen LogP contribution in [0.5, 0.6) is 0 Å². The third kappa shape index (κ3) is 3.36. The SMILES string of the molecule is O=C(c1ccco1)N1CC[NH+]([C@H]2CC(=O)N(c3cccc(Cl)c3)C2=O)CC1. The minimum atomic E-state index is -0.419. The van der Waals surface area contributed by atoms with E-state index in [4.69, 9.17) is 16.0 Å². The maximum atomic E-state index is 12.9. The summed E-state index contributed by atoms with van der Waals surface area (Å²) >= 11 is 5.99. The summed E-state index contributed by atoms with van der Waals surface area (Å²) in [6, 6.07) is 9.66. The number of halogens is 1. The number of nitrogens with zero attached hydrogens (tertiary/aromatic N) is 2. The van der Waals surface area contributed by atoms with Gasteiger partial charge >= 0.3 is 0 Å². The van der Waals surface area contributed by atoms with Gasteiger partial charge < -0.3 is 14.2 Å². The first kappa shape index (κ1) is 17.8. The van der Waals surface area contributed by atoms with Gasteiger partial charge in [-0.3, -0.25) is 14.4 Å². The molecule has 0 unspecified atom stereocenters. The van der Waals surface area contributed by atoms with Crippen molar-refractivity contribution in [3.05, 3.63) is 53.4 Å². The van der Waals surface area contributed by atoms with Gasteiger partial charge in [0, 0.05) is 5.02 Å². The predicted octanol–water partition coefficient (Wildman–Crippen LogP) is 0.606. The Labute approximate surface area is 161 Å². The number of furan rings is 1. The summed E-state index contributed by atoms with van der Waals surface area (Å²) in [5.41, 5.74) is 0.506. The van der Waals surface area contributed by atoms with E-state index in [-0.39, 0.29) is 24.1 Å². The molecule has 0 spiro atoms. The van der Waals surface area contributed by atoms with E-state index in [0.29, 0.717) is 42.6 Å². The number of quaternary nitrogens is 1. The zero-order chi connectivity index (χ0) is 19.0. The van der Waals surface area contributed by atoms with Crippen molar-refractivity contribution in [2.24, 2.45) is 0 Å². The molecule has 1 atom stereocenters. The molecule has 1 aromatic heterocycles. The summed E-state index contributed by atoms with van der Waals surface area (Å²) in [4.78, 5) is 41.7. The number of nitrogens with one attached hydrogen (secondary N) is 1. The van der Waals surface area contributed by atoms with Crippen molar-refractivity contribution in [2.45, 2.75) is 12.5 Å². The molecule has 8 heteroatoms. The lowest BCUT2D eigenvalue weighted by Crippen LogP contribution is -3.19. The number of benzene rings is 1. The number of rotatable bonds is 3. The van der Waals surface area contributed by atoms with Crippen molar-refractivity contribution >= 4 is 35.0 Å². The fraction of sp³-hybridized carbons (Fsp3) is 0.316. The topological polar surface area (TPSA) is 75.3 Å². The van der Waals surface area contributed by atoms with Gasteiger partial charge in [-0.1, -0.05) is 17.7 Å². The molecule has 7 nitrogen and oxygen atoms in total. The van der Waals surface area contributed by atoms with Crippen LogP contribution in [0.2, 0.25) is 5.02 Å². The molecule has 2 aliphatic heterocycles. The van der Waals surface area contributed by atoms with E-state index in [0.717, 1.165) is 4.90 Å². The first-order chi connectivity index (χ1) is 13.0. The van der Waals surface area contributed by atoms with Crippen LogP contribution in [-0.4, -0.2) is 54.8 Å². The lowest BCUT2D eigenvalue weighted by molar-refractivity contribution is -0.918. The molecule has 2 fully saturated rings. The molecule has 0 radical (unpaired) electrons. The Hall–Kier alpha value is -2.64. The largest absolute Gasteiger partial charge is 0.459 e. The minimum absolute atomic E-state index is 0.145. The Balaban J connectivity index is 1.42. The Morgan fingerprint density at radius 2 is 1.93 bits per heavy atom. The van der Waals surface area contributed by atoms with Crippen LogP contribution in [0.3, 0.4) is 0 Å². The molecule has 0 aliphatic carbocycles. The Bertz CT molecular complexity index is 875. The average Bonchev–Trinajstić information content (AvgIpc) is 3.30. The molecular weight excluding hydrogens is 370 g/mol. The highest BCUT2D eigenvalue weighted by atomic mass is 35.5. The van der Waals surface area contributed by atoms with Crippen LogP contribution in [0.4, 0.5) is 5.69 Å². The molecule has 4 rings (SSSR count). The van der Waals surface area contributed by atoms with E-state index in [2.05, 4.69) is 0 Å². The summed E-state index contributed by atoms with van der Waals surface area (Å²) in [7, 11) is 0. The molecule has 3 heterocycles. The van der Waals surface area contributed by atoms with E-state index >= 15 is 0 Å². The molecule has 2 aromatic rings. The van der Waals surface area contributed by atoms with Crippen LogP contribution in [0, 0.1) is 0 Å². The summed E-state index contributed by atoms with van der Waals surface area (Å²) in [6.07, 6.45) is 1.65. The summed E-state index contributed by atoms with van der Waals surface area (Å²) in [5.74, 6) is -0.247. The minimum Gasteiger partial charge on any atom is -0.459 e. The number of carbonyl (C=O) groups is 3. The first-order valence-electron chi connectivity index (χ1n) is 8.84. The number of hydrogen-bond donors (Lipinski definition) is 1. The van der Waals surface area contributed by atoms with Crippen molar-refractivity contribution in [3.8, 4) is 0 Å². The smallest absolute Gasteiger partial charge is 0.292 e. The molecule has 1 aromatic carbocycles. The van der Waals surface area contributed by atoms with E-state index in [1.165, 1.54) is 11.2 Å². The number of imide groups is 1. The lowest BCUT2D eigenvalue weighted by atomic mass is 10.1. The fourth-order valence-corrected chi connectivity index (χ4v) is 3.92. The van der Waals surface area contributed by atoms with Crippen molar-refractivity contribution in [3.63, 3.8) is 0 Å². The number of hydrogen-bond acceptors (Lipinski definition) is 4. The second-order valence-corrected chi connectivity index (χ2v) is 7.17. The van der Waals surface area contributed by atoms with Gasteiger partial charge in [0.2, 0.25) is 5.91 Å². The maximum absolute atomic E-state index is 12.9. The Morgan fingerprint density at radius 3 is 2.59 bits per heavy atom. The molecule has 1 N–H and O–H groups in total. The van der Waals surface area contributed by atoms with E-state index in [1.807, 2.05) is 0 Å². The highest BCUT2D eigenvalue weighted by Gasteiger charge is 2.46. The normalized spacial score (nSPS) is 21.1. The van der Waals surface area contributed by atoms with Crippen LogP contribution < -0.4 is 9.80 Å². The number of piperazine rings is 1. The molecule has 2 saturated heterocycles. The summed E-state index contributed by atoms with van der Waals surface area (Å²) in [5, 5.41) is 0.481. The first-order valence-corrected chi connectivity index (χ1v) is 9.22. The van der Waals surface area contributed by atoms with Gasteiger partial charge in [0.1, 0.15) is 0 Å². The zero-order valence-corrected chi connectivity index (χ0v) is 15.3. The van der Waals surface area contributed by atoms with Gasteiger partial charge in [0.05, 0.1) is 44.6 Å².